The Kier molecular flexibility index (Phi) is 6.11. The summed E-state index contributed by atoms with van der Waals surface area (Å²) < 4.78 is 14.5. The van der Waals surface area contributed by atoms with Crippen molar-refractivity contribution in [3.63, 3.8) is 0 Å². The second kappa shape index (κ2) is 8.95. The number of aliphatic imine (C=N–C) groups is 1. The van der Waals surface area contributed by atoms with E-state index in [4.69, 9.17) is 20.2 Å². The average Bonchev–Trinajstić information content (AvgIpc) is 3.33. The van der Waals surface area contributed by atoms with Crippen LogP contribution < -0.4 is 10.5 Å². The van der Waals surface area contributed by atoms with Crippen molar-refractivity contribution in [3.05, 3.63) is 60.2 Å². The van der Waals surface area contributed by atoms with Crippen molar-refractivity contribution >= 4 is 16.9 Å². The van der Waals surface area contributed by atoms with Crippen LogP contribution in [-0.4, -0.2) is 71.4 Å². The van der Waals surface area contributed by atoms with E-state index in [0.29, 0.717) is 48.4 Å². The number of nitrogens with two attached hydrogens (primary N) is 1. The van der Waals surface area contributed by atoms with Gasteiger partial charge < -0.3 is 24.8 Å². The molecule has 4 rings (SSSR count). The van der Waals surface area contributed by atoms with E-state index in [2.05, 4.69) is 18.7 Å². The molecule has 2 aromatic rings. The van der Waals surface area contributed by atoms with Crippen LogP contribution in [0.2, 0.25) is 0 Å². The van der Waals surface area contributed by atoms with E-state index in [1.54, 1.807) is 10.6 Å². The largest absolute Gasteiger partial charge is 0.506 e. The summed E-state index contributed by atoms with van der Waals surface area (Å²) in [7, 11) is 2.27. The fourth-order valence-corrected chi connectivity index (χ4v) is 3.97. The van der Waals surface area contributed by atoms with E-state index in [-0.39, 0.29) is 5.76 Å². The summed E-state index contributed by atoms with van der Waals surface area (Å²) in [6.45, 7) is 8.50. The van der Waals surface area contributed by atoms with Crippen LogP contribution in [-0.2, 0) is 4.74 Å². The molecule has 8 heteroatoms. The van der Waals surface area contributed by atoms with Gasteiger partial charge in [-0.05, 0) is 18.2 Å². The number of hydrogen-bond acceptors (Lipinski definition) is 6. The summed E-state index contributed by atoms with van der Waals surface area (Å²) >= 11 is 0. The highest BCUT2D eigenvalue weighted by atomic mass is 16.5. The van der Waals surface area contributed by atoms with Crippen LogP contribution in [0, 0.1) is 0 Å². The first-order chi connectivity index (χ1) is 15.0. The number of rotatable bonds is 8. The first kappa shape index (κ1) is 21.1. The van der Waals surface area contributed by atoms with Crippen LogP contribution in [0.4, 0.5) is 5.69 Å². The molecule has 1 aliphatic carbocycles. The molecule has 0 atom stereocenters. The van der Waals surface area contributed by atoms with Crippen LogP contribution in [0.15, 0.2) is 65.2 Å². The Morgan fingerprint density at radius 3 is 2.81 bits per heavy atom. The number of hydrogen-bond donors (Lipinski definition) is 2. The maximum absolute atomic E-state index is 10.5. The number of aliphatic hydroxyl groups is 1. The number of likely N-dealkylation sites (N-methyl/N-ethyl adjacent to an activating group) is 1. The van der Waals surface area contributed by atoms with Gasteiger partial charge in [0.05, 0.1) is 25.7 Å². The van der Waals surface area contributed by atoms with Gasteiger partial charge in [-0.15, -0.1) is 5.10 Å². The molecule has 0 aromatic carbocycles. The molecule has 0 radical (unpaired) electrons. The number of ether oxygens (including phenoxy) is 2. The second-order valence-electron chi connectivity index (χ2n) is 8.23. The smallest absolute Gasteiger partial charge is 0.260 e. The van der Waals surface area contributed by atoms with Gasteiger partial charge in [-0.2, -0.15) is 0 Å². The number of allylic oxidation sites excluding steroid dienone is 2. The van der Waals surface area contributed by atoms with E-state index in [1.807, 2.05) is 24.4 Å². The average molecular weight is 425 g/mol. The highest BCUT2D eigenvalue weighted by Crippen LogP contribution is 2.33. The fraction of sp³-hybridized carbons (Fsp3) is 0.391. The van der Waals surface area contributed by atoms with Gasteiger partial charge in [0.2, 0.25) is 0 Å². The van der Waals surface area contributed by atoms with Crippen molar-refractivity contribution < 1.29 is 19.1 Å². The predicted molar refractivity (Wildman–Crippen MR) is 121 cm³/mol. The van der Waals surface area contributed by atoms with Crippen LogP contribution in [0.3, 0.4) is 0 Å². The van der Waals surface area contributed by atoms with Gasteiger partial charge in [0.15, 0.2) is 5.69 Å². The van der Waals surface area contributed by atoms with Crippen LogP contribution in [0.5, 0.6) is 5.88 Å². The zero-order valence-corrected chi connectivity index (χ0v) is 18.0. The molecule has 1 saturated heterocycles. The molecule has 8 nitrogen and oxygen atoms in total. The minimum atomic E-state index is 0.0152. The molecule has 3 heterocycles. The molecular weight excluding hydrogens is 394 g/mol. The monoisotopic (exact) mass is 424 g/mol. The second-order valence-corrected chi connectivity index (χ2v) is 8.23. The Hall–Kier alpha value is -3.10. The fourth-order valence-electron chi connectivity index (χ4n) is 3.97. The molecule has 0 bridgehead atoms. The number of likely N-dealkylation sites (tertiary alicyclic amines) is 1. The van der Waals surface area contributed by atoms with E-state index in [9.17, 15) is 5.11 Å². The van der Waals surface area contributed by atoms with E-state index in [1.165, 1.54) is 32.0 Å². The minimum absolute atomic E-state index is 0.0152. The summed E-state index contributed by atoms with van der Waals surface area (Å²) in [5.74, 6) is 0.994. The molecule has 0 spiro atoms. The van der Waals surface area contributed by atoms with Crippen LogP contribution in [0.25, 0.3) is 5.52 Å². The summed E-state index contributed by atoms with van der Waals surface area (Å²) in [5, 5.41) is 15.0. The molecule has 1 fully saturated rings. The highest BCUT2D eigenvalue weighted by Gasteiger charge is 2.27. The Morgan fingerprint density at radius 1 is 1.23 bits per heavy atom. The van der Waals surface area contributed by atoms with Crippen molar-refractivity contribution in [1.82, 2.24) is 9.61 Å². The molecule has 1 aliphatic heterocycles. The van der Waals surface area contributed by atoms with Crippen LogP contribution in [0.1, 0.15) is 12.8 Å². The number of aliphatic hydroxyl groups excluding tert-OH is 1. The number of quaternary nitrogens is 1. The number of pyridine rings is 1. The zero-order chi connectivity index (χ0) is 21.8. The third kappa shape index (κ3) is 4.65. The lowest BCUT2D eigenvalue weighted by Gasteiger charge is -2.28. The quantitative estimate of drug-likeness (QED) is 0.636. The first-order valence-electron chi connectivity index (χ1n) is 10.7. The molecule has 164 valence electrons. The van der Waals surface area contributed by atoms with Gasteiger partial charge in [-0.3, -0.25) is 0 Å². The normalized spacial score (nSPS) is 19.5. The Morgan fingerprint density at radius 2 is 2.03 bits per heavy atom. The Bertz CT molecular complexity index is 1060. The lowest BCUT2D eigenvalue weighted by atomic mass is 10.1. The molecule has 2 aromatic heterocycles. The Labute approximate surface area is 182 Å². The van der Waals surface area contributed by atoms with E-state index in [0.717, 1.165) is 16.5 Å². The standard InChI is InChI=1S/C23H29N5O3/c1-17-15-20(29)18(16-21(17)30-13-8-24)25-22-19-7-3-4-9-27(19)26-23(22)31-14-12-28(2)10-5-6-11-28/h3-4,7,9,15-16H,1,5-6,8,10-14,24H2,2H3/p+1. The highest BCUT2D eigenvalue weighted by molar-refractivity contribution is 6.11. The summed E-state index contributed by atoms with van der Waals surface area (Å²) in [6.07, 6.45) is 7.59. The summed E-state index contributed by atoms with van der Waals surface area (Å²) in [4.78, 5) is 4.70. The van der Waals surface area contributed by atoms with Crippen LogP contribution >= 0.6 is 0 Å². The van der Waals surface area contributed by atoms with Crippen molar-refractivity contribution in [3.8, 4) is 5.88 Å². The number of fused-ring (bicyclic) bond motifs is 1. The van der Waals surface area contributed by atoms with Gasteiger partial charge in [0.25, 0.3) is 5.88 Å². The summed E-state index contributed by atoms with van der Waals surface area (Å²) in [6, 6.07) is 5.74. The lowest BCUT2D eigenvalue weighted by Crippen LogP contribution is -2.43. The summed E-state index contributed by atoms with van der Waals surface area (Å²) in [5.41, 5.74) is 7.84. The maximum Gasteiger partial charge on any atom is 0.260 e. The molecule has 0 saturated carbocycles. The van der Waals surface area contributed by atoms with Gasteiger partial charge in [-0.25, -0.2) is 9.51 Å². The Balaban J connectivity index is 1.64. The first-order valence-corrected chi connectivity index (χ1v) is 10.7. The van der Waals surface area contributed by atoms with Gasteiger partial charge >= 0.3 is 0 Å². The predicted octanol–water partition coefficient (Wildman–Crippen LogP) is 2.90. The SMILES string of the molecule is C=C1C=C(O)C(=Nc2c(OCC[N+]3(C)CCCC3)nn3ccccc23)C=C1OCCN. The number of aromatic nitrogens is 2. The van der Waals surface area contributed by atoms with Crippen molar-refractivity contribution in [2.45, 2.75) is 12.8 Å². The number of nitrogens with zero attached hydrogens (tertiary/aromatic N) is 4. The van der Waals surface area contributed by atoms with Gasteiger partial charge in [0, 0.05) is 37.2 Å². The third-order valence-corrected chi connectivity index (χ3v) is 5.76. The molecule has 0 unspecified atom stereocenters. The van der Waals surface area contributed by atoms with Crippen molar-refractivity contribution in [2.24, 2.45) is 10.7 Å². The topological polar surface area (TPSA) is 94.4 Å². The molecule has 3 N–H and O–H groups in total. The van der Waals surface area contributed by atoms with Gasteiger partial charge in [0.1, 0.15) is 37.0 Å². The maximum atomic E-state index is 10.5. The van der Waals surface area contributed by atoms with Crippen molar-refractivity contribution in [1.29, 1.82) is 0 Å². The van der Waals surface area contributed by atoms with Gasteiger partial charge in [-0.1, -0.05) is 12.6 Å². The minimum Gasteiger partial charge on any atom is -0.506 e. The van der Waals surface area contributed by atoms with E-state index >= 15 is 0 Å². The molecule has 2 aliphatic rings. The molecule has 0 amide bonds. The molecule has 31 heavy (non-hydrogen) atoms. The zero-order valence-electron chi connectivity index (χ0n) is 18.0. The lowest BCUT2D eigenvalue weighted by molar-refractivity contribution is -0.897. The third-order valence-electron chi connectivity index (χ3n) is 5.76. The van der Waals surface area contributed by atoms with Crippen molar-refractivity contribution in [2.75, 3.05) is 46.4 Å². The van der Waals surface area contributed by atoms with E-state index < -0.39 is 0 Å². The molecular formula is C23H30N5O3+.